The maximum absolute atomic E-state index is 12.6. The molecule has 1 N–H and O–H groups in total. The van der Waals surface area contributed by atoms with Gasteiger partial charge in [0.15, 0.2) is 5.13 Å². The first kappa shape index (κ1) is 18.8. The summed E-state index contributed by atoms with van der Waals surface area (Å²) in [5.41, 5.74) is 5.10. The van der Waals surface area contributed by atoms with Crippen LogP contribution in [0.4, 0.5) is 10.8 Å². The number of benzene rings is 2. The number of hydrogen-bond acceptors (Lipinski definition) is 6. The molecule has 0 bridgehead atoms. The Balaban J connectivity index is 1.28. The minimum Gasteiger partial charge on any atom is -0.378 e. The highest BCUT2D eigenvalue weighted by Gasteiger charge is 2.15. The number of amides is 1. The quantitative estimate of drug-likeness (QED) is 0.545. The van der Waals surface area contributed by atoms with E-state index in [-0.39, 0.29) is 5.91 Å². The number of rotatable bonds is 4. The molecule has 1 aliphatic heterocycles. The van der Waals surface area contributed by atoms with E-state index in [1.54, 1.807) is 17.7 Å². The van der Waals surface area contributed by atoms with Crippen LogP contribution in [-0.4, -0.2) is 46.7 Å². The van der Waals surface area contributed by atoms with E-state index in [1.807, 2.05) is 54.1 Å². The molecule has 1 fully saturated rings. The second kappa shape index (κ2) is 7.89. The predicted molar refractivity (Wildman–Crippen MR) is 119 cm³/mol. The number of imidazole rings is 1. The first-order chi connectivity index (χ1) is 14.7. The average molecular weight is 420 g/mol. The summed E-state index contributed by atoms with van der Waals surface area (Å²) in [5.74, 6) is -0.154. The van der Waals surface area contributed by atoms with Gasteiger partial charge in [-0.25, -0.2) is 9.97 Å². The smallest absolute Gasteiger partial charge is 0.255 e. The highest BCUT2D eigenvalue weighted by Crippen LogP contribution is 2.28. The number of carbonyl (C=O) groups is 1. The molecule has 1 saturated heterocycles. The Hall–Kier alpha value is -3.23. The Morgan fingerprint density at radius 2 is 1.93 bits per heavy atom. The van der Waals surface area contributed by atoms with Crippen molar-refractivity contribution in [1.82, 2.24) is 14.5 Å². The monoisotopic (exact) mass is 419 g/mol. The van der Waals surface area contributed by atoms with Gasteiger partial charge < -0.3 is 19.5 Å². The number of aromatic nitrogens is 3. The predicted octanol–water partition coefficient (Wildman–Crippen LogP) is 3.79. The number of nitrogens with one attached hydrogen (secondary N) is 1. The van der Waals surface area contributed by atoms with Crippen molar-refractivity contribution in [3.63, 3.8) is 0 Å². The summed E-state index contributed by atoms with van der Waals surface area (Å²) < 4.78 is 7.34. The molecule has 0 radical (unpaired) electrons. The van der Waals surface area contributed by atoms with Crippen LogP contribution in [0.5, 0.6) is 0 Å². The maximum Gasteiger partial charge on any atom is 0.255 e. The van der Waals surface area contributed by atoms with Gasteiger partial charge in [-0.05, 0) is 30.3 Å². The summed E-state index contributed by atoms with van der Waals surface area (Å²) in [4.78, 5) is 24.0. The Labute approximate surface area is 177 Å². The van der Waals surface area contributed by atoms with Crippen molar-refractivity contribution in [1.29, 1.82) is 0 Å². The van der Waals surface area contributed by atoms with Crippen LogP contribution in [0.15, 0.2) is 54.2 Å². The first-order valence-electron chi connectivity index (χ1n) is 9.78. The zero-order valence-electron chi connectivity index (χ0n) is 16.5. The molecule has 152 valence electrons. The van der Waals surface area contributed by atoms with Crippen molar-refractivity contribution in [2.75, 3.05) is 36.5 Å². The van der Waals surface area contributed by atoms with E-state index in [0.717, 1.165) is 59.4 Å². The standard InChI is InChI=1S/C22H21N5O2S/c1-26-14-23-18-12-16(4-7-20(18)26)21(28)24-17-5-2-15(3-6-17)19-13-30-22(25-19)27-8-10-29-11-9-27/h2-7,12-14H,8-11H2,1H3,(H,24,28). The Kier molecular flexibility index (Phi) is 4.94. The number of hydrogen-bond donors (Lipinski definition) is 1. The van der Waals surface area contributed by atoms with Gasteiger partial charge in [-0.3, -0.25) is 4.79 Å². The molecule has 8 heteroatoms. The number of aryl methyl sites for hydroxylation is 1. The lowest BCUT2D eigenvalue weighted by atomic mass is 10.1. The highest BCUT2D eigenvalue weighted by atomic mass is 32.1. The van der Waals surface area contributed by atoms with Crippen LogP contribution in [0.1, 0.15) is 10.4 Å². The van der Waals surface area contributed by atoms with Gasteiger partial charge >= 0.3 is 0 Å². The Morgan fingerprint density at radius 3 is 2.73 bits per heavy atom. The molecule has 0 unspecified atom stereocenters. The zero-order valence-corrected chi connectivity index (χ0v) is 17.4. The van der Waals surface area contributed by atoms with E-state index < -0.39 is 0 Å². The van der Waals surface area contributed by atoms with Crippen LogP contribution >= 0.6 is 11.3 Å². The van der Waals surface area contributed by atoms with Gasteiger partial charge in [0.2, 0.25) is 0 Å². The van der Waals surface area contributed by atoms with Gasteiger partial charge in [0.25, 0.3) is 5.91 Å². The molecule has 0 aliphatic carbocycles. The third-order valence-electron chi connectivity index (χ3n) is 5.20. The average Bonchev–Trinajstić information content (AvgIpc) is 3.42. The lowest BCUT2D eigenvalue weighted by molar-refractivity contribution is 0.102. The molecule has 1 aliphatic rings. The van der Waals surface area contributed by atoms with Crippen LogP contribution < -0.4 is 10.2 Å². The van der Waals surface area contributed by atoms with Crippen molar-refractivity contribution in [2.45, 2.75) is 0 Å². The van der Waals surface area contributed by atoms with E-state index in [9.17, 15) is 4.79 Å². The van der Waals surface area contributed by atoms with Gasteiger partial charge in [-0.1, -0.05) is 12.1 Å². The molecule has 3 heterocycles. The third-order valence-corrected chi connectivity index (χ3v) is 6.10. The van der Waals surface area contributed by atoms with Crippen molar-refractivity contribution < 1.29 is 9.53 Å². The molecule has 4 aromatic rings. The molecule has 0 spiro atoms. The van der Waals surface area contributed by atoms with Gasteiger partial charge in [0.05, 0.1) is 36.3 Å². The van der Waals surface area contributed by atoms with E-state index in [0.29, 0.717) is 5.56 Å². The van der Waals surface area contributed by atoms with Crippen molar-refractivity contribution in [3.8, 4) is 11.3 Å². The van der Waals surface area contributed by atoms with Gasteiger partial charge in [-0.15, -0.1) is 11.3 Å². The summed E-state index contributed by atoms with van der Waals surface area (Å²) in [6, 6.07) is 13.3. The van der Waals surface area contributed by atoms with Crippen LogP contribution in [0.3, 0.4) is 0 Å². The largest absolute Gasteiger partial charge is 0.378 e. The fourth-order valence-electron chi connectivity index (χ4n) is 3.50. The molecule has 0 saturated carbocycles. The van der Waals surface area contributed by atoms with Gasteiger partial charge in [-0.2, -0.15) is 0 Å². The van der Waals surface area contributed by atoms with Crippen LogP contribution in [-0.2, 0) is 11.8 Å². The minimum absolute atomic E-state index is 0.154. The molecule has 1 amide bonds. The van der Waals surface area contributed by atoms with Crippen LogP contribution in [0.25, 0.3) is 22.3 Å². The first-order valence-corrected chi connectivity index (χ1v) is 10.7. The number of ether oxygens (including phenoxy) is 1. The molecule has 30 heavy (non-hydrogen) atoms. The second-order valence-corrected chi connectivity index (χ2v) is 8.04. The molecular formula is C22H21N5O2S. The van der Waals surface area contributed by atoms with Crippen LogP contribution in [0.2, 0.25) is 0 Å². The molecule has 2 aromatic heterocycles. The van der Waals surface area contributed by atoms with E-state index >= 15 is 0 Å². The fraction of sp³-hybridized carbons (Fsp3) is 0.227. The summed E-state index contributed by atoms with van der Waals surface area (Å²) in [5, 5.41) is 6.05. The molecule has 2 aromatic carbocycles. The topological polar surface area (TPSA) is 72.3 Å². The molecule has 7 nitrogen and oxygen atoms in total. The zero-order chi connectivity index (χ0) is 20.5. The summed E-state index contributed by atoms with van der Waals surface area (Å²) in [7, 11) is 1.93. The number of thiazole rings is 1. The summed E-state index contributed by atoms with van der Waals surface area (Å²) in [6.45, 7) is 3.25. The van der Waals surface area contributed by atoms with Gasteiger partial charge in [0, 0.05) is 42.3 Å². The molecule has 0 atom stereocenters. The summed E-state index contributed by atoms with van der Waals surface area (Å²) >= 11 is 1.65. The van der Waals surface area contributed by atoms with E-state index in [1.165, 1.54) is 0 Å². The molecule has 5 rings (SSSR count). The number of morpholine rings is 1. The van der Waals surface area contributed by atoms with E-state index in [2.05, 4.69) is 20.6 Å². The van der Waals surface area contributed by atoms with Gasteiger partial charge in [0.1, 0.15) is 0 Å². The lowest BCUT2D eigenvalue weighted by Crippen LogP contribution is -2.36. The lowest BCUT2D eigenvalue weighted by Gasteiger charge is -2.26. The van der Waals surface area contributed by atoms with Crippen LogP contribution in [0, 0.1) is 0 Å². The van der Waals surface area contributed by atoms with E-state index in [4.69, 9.17) is 9.72 Å². The van der Waals surface area contributed by atoms with Crippen molar-refractivity contribution >= 4 is 39.1 Å². The number of nitrogens with zero attached hydrogens (tertiary/aromatic N) is 4. The Bertz CT molecular complexity index is 1190. The number of fused-ring (bicyclic) bond motifs is 1. The second-order valence-electron chi connectivity index (χ2n) is 7.21. The normalized spacial score (nSPS) is 14.2. The number of anilines is 2. The molecular weight excluding hydrogens is 398 g/mol. The minimum atomic E-state index is -0.154. The maximum atomic E-state index is 12.6. The highest BCUT2D eigenvalue weighted by molar-refractivity contribution is 7.14. The van der Waals surface area contributed by atoms with Crippen molar-refractivity contribution in [3.05, 3.63) is 59.7 Å². The van der Waals surface area contributed by atoms with Crippen molar-refractivity contribution in [2.24, 2.45) is 7.05 Å². The summed E-state index contributed by atoms with van der Waals surface area (Å²) in [6.07, 6.45) is 1.74. The SMILES string of the molecule is Cn1cnc2cc(C(=O)Nc3ccc(-c4csc(N5CCOCC5)n4)cc3)ccc21. The number of carbonyl (C=O) groups excluding carboxylic acids is 1. The third kappa shape index (κ3) is 3.67. The fourth-order valence-corrected chi connectivity index (χ4v) is 4.39. The Morgan fingerprint density at radius 1 is 1.13 bits per heavy atom.